The molecule has 0 aromatic carbocycles. The Bertz CT molecular complexity index is 300. The van der Waals surface area contributed by atoms with E-state index in [1.807, 2.05) is 0 Å². The fourth-order valence-electron chi connectivity index (χ4n) is 4.75. The summed E-state index contributed by atoms with van der Waals surface area (Å²) >= 11 is 0. The van der Waals surface area contributed by atoms with E-state index in [1.165, 1.54) is 44.9 Å². The average Bonchev–Trinajstić information content (AvgIpc) is 2.46. The second-order valence-electron chi connectivity index (χ2n) is 6.81. The molecule has 0 amide bonds. The summed E-state index contributed by atoms with van der Waals surface area (Å²) in [4.78, 5) is 11.6. The molecular formula is C17H30O2. The third-order valence-electron chi connectivity index (χ3n) is 5.94. The van der Waals surface area contributed by atoms with E-state index in [1.54, 1.807) is 0 Å². The summed E-state index contributed by atoms with van der Waals surface area (Å²) in [6.45, 7) is 4.56. The molecule has 0 heterocycles. The third kappa shape index (κ3) is 3.32. The van der Waals surface area contributed by atoms with E-state index in [0.717, 1.165) is 24.7 Å². The third-order valence-corrected chi connectivity index (χ3v) is 5.94. The van der Waals surface area contributed by atoms with Crippen LogP contribution < -0.4 is 0 Å². The molecule has 5 unspecified atom stereocenters. The predicted octanol–water partition coefficient (Wildman–Crippen LogP) is 4.73. The minimum absolute atomic E-state index is 0.0556. The van der Waals surface area contributed by atoms with E-state index < -0.39 is 5.97 Å². The van der Waals surface area contributed by atoms with Crippen LogP contribution in [0.5, 0.6) is 0 Å². The standard InChI is InChI=1S/C17H30O2/c1-3-12-9-10-15(17(18)19)16(11-12)14-8-6-5-7-13(14)4-2/h12-16H,3-11H2,1-2H3,(H,18,19). The molecule has 0 aromatic rings. The van der Waals surface area contributed by atoms with E-state index in [0.29, 0.717) is 11.8 Å². The lowest BCUT2D eigenvalue weighted by Crippen LogP contribution is -2.39. The van der Waals surface area contributed by atoms with Crippen LogP contribution in [-0.4, -0.2) is 11.1 Å². The summed E-state index contributed by atoms with van der Waals surface area (Å²) in [5.41, 5.74) is 0. The van der Waals surface area contributed by atoms with Crippen LogP contribution in [0.3, 0.4) is 0 Å². The fourth-order valence-corrected chi connectivity index (χ4v) is 4.75. The molecule has 2 aliphatic carbocycles. The zero-order valence-corrected chi connectivity index (χ0v) is 12.6. The molecule has 0 saturated heterocycles. The average molecular weight is 266 g/mol. The summed E-state index contributed by atoms with van der Waals surface area (Å²) in [6, 6.07) is 0. The quantitative estimate of drug-likeness (QED) is 0.798. The lowest BCUT2D eigenvalue weighted by atomic mass is 9.61. The molecule has 110 valence electrons. The zero-order chi connectivity index (χ0) is 13.8. The van der Waals surface area contributed by atoms with Gasteiger partial charge in [0.1, 0.15) is 0 Å². The summed E-state index contributed by atoms with van der Waals surface area (Å²) in [7, 11) is 0. The van der Waals surface area contributed by atoms with E-state index >= 15 is 0 Å². The summed E-state index contributed by atoms with van der Waals surface area (Å²) < 4.78 is 0. The van der Waals surface area contributed by atoms with Crippen molar-refractivity contribution in [3.8, 4) is 0 Å². The topological polar surface area (TPSA) is 37.3 Å². The van der Waals surface area contributed by atoms with Crippen molar-refractivity contribution < 1.29 is 9.90 Å². The molecule has 5 atom stereocenters. The first-order chi connectivity index (χ1) is 9.17. The monoisotopic (exact) mass is 266 g/mol. The Kier molecular flexibility index (Phi) is 5.29. The fraction of sp³-hybridized carbons (Fsp3) is 0.941. The van der Waals surface area contributed by atoms with Gasteiger partial charge in [-0.3, -0.25) is 4.79 Å². The van der Waals surface area contributed by atoms with Crippen LogP contribution in [0.1, 0.15) is 71.6 Å². The van der Waals surface area contributed by atoms with Gasteiger partial charge in [0.2, 0.25) is 0 Å². The number of hydrogen-bond donors (Lipinski definition) is 1. The Morgan fingerprint density at radius 1 is 1.00 bits per heavy atom. The number of aliphatic carboxylic acids is 1. The van der Waals surface area contributed by atoms with Crippen molar-refractivity contribution in [1.82, 2.24) is 0 Å². The Balaban J connectivity index is 2.12. The second-order valence-corrected chi connectivity index (χ2v) is 6.81. The smallest absolute Gasteiger partial charge is 0.306 e. The normalized spacial score (nSPS) is 40.0. The number of rotatable bonds is 4. The molecule has 0 bridgehead atoms. The molecular weight excluding hydrogens is 236 g/mol. The Morgan fingerprint density at radius 2 is 1.74 bits per heavy atom. The highest BCUT2D eigenvalue weighted by Crippen LogP contribution is 2.47. The van der Waals surface area contributed by atoms with Gasteiger partial charge in [0, 0.05) is 0 Å². The maximum atomic E-state index is 11.6. The number of carboxylic acid groups (broad SMARTS) is 1. The first-order valence-electron chi connectivity index (χ1n) is 8.40. The van der Waals surface area contributed by atoms with Crippen molar-refractivity contribution in [2.45, 2.75) is 71.6 Å². The highest BCUT2D eigenvalue weighted by Gasteiger charge is 2.41. The van der Waals surface area contributed by atoms with E-state index in [4.69, 9.17) is 0 Å². The molecule has 0 radical (unpaired) electrons. The molecule has 2 rings (SSSR count). The molecule has 0 aliphatic heterocycles. The Morgan fingerprint density at radius 3 is 2.37 bits per heavy atom. The molecule has 2 nitrogen and oxygen atoms in total. The molecule has 0 aromatic heterocycles. The molecule has 1 N–H and O–H groups in total. The number of carboxylic acids is 1. The molecule has 2 saturated carbocycles. The Hall–Kier alpha value is -0.530. The van der Waals surface area contributed by atoms with Crippen LogP contribution in [0, 0.1) is 29.6 Å². The van der Waals surface area contributed by atoms with Crippen LogP contribution in [0.15, 0.2) is 0 Å². The number of carbonyl (C=O) groups is 1. The van der Waals surface area contributed by atoms with Crippen LogP contribution in [0.25, 0.3) is 0 Å². The van der Waals surface area contributed by atoms with Crippen molar-refractivity contribution in [3.05, 3.63) is 0 Å². The highest BCUT2D eigenvalue weighted by molar-refractivity contribution is 5.70. The van der Waals surface area contributed by atoms with Crippen LogP contribution in [0.2, 0.25) is 0 Å². The molecule has 2 aliphatic rings. The predicted molar refractivity (Wildman–Crippen MR) is 78.0 cm³/mol. The minimum atomic E-state index is -0.528. The van der Waals surface area contributed by atoms with Gasteiger partial charge in [-0.2, -0.15) is 0 Å². The maximum absolute atomic E-state index is 11.6. The first-order valence-corrected chi connectivity index (χ1v) is 8.40. The largest absolute Gasteiger partial charge is 0.481 e. The van der Waals surface area contributed by atoms with E-state index in [2.05, 4.69) is 13.8 Å². The van der Waals surface area contributed by atoms with Gasteiger partial charge in [-0.25, -0.2) is 0 Å². The molecule has 2 heteroatoms. The Labute approximate surface area is 118 Å². The van der Waals surface area contributed by atoms with Crippen molar-refractivity contribution in [2.75, 3.05) is 0 Å². The highest BCUT2D eigenvalue weighted by atomic mass is 16.4. The van der Waals surface area contributed by atoms with Gasteiger partial charge in [-0.1, -0.05) is 46.0 Å². The first kappa shape index (κ1) is 14.9. The van der Waals surface area contributed by atoms with Crippen molar-refractivity contribution in [3.63, 3.8) is 0 Å². The van der Waals surface area contributed by atoms with Gasteiger partial charge in [0.25, 0.3) is 0 Å². The van der Waals surface area contributed by atoms with Crippen LogP contribution in [-0.2, 0) is 4.79 Å². The SMILES string of the molecule is CCC1CCC(C(=O)O)C(C2CCCCC2CC)C1. The van der Waals surface area contributed by atoms with Gasteiger partial charge in [-0.15, -0.1) is 0 Å². The summed E-state index contributed by atoms with van der Waals surface area (Å²) in [5.74, 6) is 2.13. The lowest BCUT2D eigenvalue weighted by Gasteiger charge is -2.43. The molecule has 2 fully saturated rings. The van der Waals surface area contributed by atoms with E-state index in [9.17, 15) is 9.90 Å². The van der Waals surface area contributed by atoms with Gasteiger partial charge < -0.3 is 5.11 Å². The van der Waals surface area contributed by atoms with E-state index in [-0.39, 0.29) is 5.92 Å². The lowest BCUT2D eigenvalue weighted by molar-refractivity contribution is -0.147. The van der Waals surface area contributed by atoms with Crippen molar-refractivity contribution in [2.24, 2.45) is 29.6 Å². The van der Waals surface area contributed by atoms with Gasteiger partial charge in [-0.05, 0) is 49.4 Å². The van der Waals surface area contributed by atoms with Crippen molar-refractivity contribution >= 4 is 5.97 Å². The maximum Gasteiger partial charge on any atom is 0.306 e. The number of hydrogen-bond acceptors (Lipinski definition) is 1. The van der Waals surface area contributed by atoms with Crippen LogP contribution in [0.4, 0.5) is 0 Å². The summed E-state index contributed by atoms with van der Waals surface area (Å²) in [5, 5.41) is 9.56. The van der Waals surface area contributed by atoms with Gasteiger partial charge >= 0.3 is 5.97 Å². The van der Waals surface area contributed by atoms with Gasteiger partial charge in [0.15, 0.2) is 0 Å². The van der Waals surface area contributed by atoms with Gasteiger partial charge in [0.05, 0.1) is 5.92 Å². The minimum Gasteiger partial charge on any atom is -0.481 e. The summed E-state index contributed by atoms with van der Waals surface area (Å²) in [6.07, 6.45) is 11.0. The zero-order valence-electron chi connectivity index (χ0n) is 12.6. The molecule has 19 heavy (non-hydrogen) atoms. The second kappa shape index (κ2) is 6.76. The van der Waals surface area contributed by atoms with Crippen LogP contribution >= 0.6 is 0 Å². The van der Waals surface area contributed by atoms with Crippen molar-refractivity contribution in [1.29, 1.82) is 0 Å². The molecule has 0 spiro atoms.